The largest absolute Gasteiger partial charge is 0.486 e. The van der Waals surface area contributed by atoms with E-state index in [1.165, 1.54) is 6.08 Å². The van der Waals surface area contributed by atoms with Gasteiger partial charge in [0.25, 0.3) is 0 Å². The minimum atomic E-state index is -0.330. The van der Waals surface area contributed by atoms with Crippen molar-refractivity contribution in [2.45, 2.75) is 0 Å². The first-order valence-corrected chi connectivity index (χ1v) is 7.42. The average Bonchev–Trinajstić information content (AvgIpc) is 2.45. The van der Waals surface area contributed by atoms with Crippen LogP contribution < -0.4 is 9.47 Å². The second-order valence-corrected chi connectivity index (χ2v) is 4.88. The van der Waals surface area contributed by atoms with Gasteiger partial charge in [0.05, 0.1) is 0 Å². The van der Waals surface area contributed by atoms with Crippen molar-refractivity contribution >= 4 is 23.8 Å². The highest BCUT2D eigenvalue weighted by Gasteiger charge is 2.10. The first-order valence-electron chi connectivity index (χ1n) is 6.03. The number of ether oxygens (including phenoxy) is 3. The number of carbonyl (C=O) groups is 1. The van der Waals surface area contributed by atoms with Crippen molar-refractivity contribution in [1.82, 2.24) is 0 Å². The van der Waals surface area contributed by atoms with E-state index in [4.69, 9.17) is 14.2 Å². The minimum Gasteiger partial charge on any atom is -0.486 e. The van der Waals surface area contributed by atoms with Crippen LogP contribution in [0.1, 0.15) is 5.56 Å². The van der Waals surface area contributed by atoms with Crippen LogP contribution in [0.5, 0.6) is 11.5 Å². The Morgan fingerprint density at radius 3 is 2.95 bits per heavy atom. The van der Waals surface area contributed by atoms with Crippen LogP contribution in [-0.4, -0.2) is 37.8 Å². The molecule has 0 radical (unpaired) electrons. The molecule has 1 aromatic carbocycles. The Morgan fingerprint density at radius 1 is 1.37 bits per heavy atom. The lowest BCUT2D eigenvalue weighted by Gasteiger charge is -2.18. The summed E-state index contributed by atoms with van der Waals surface area (Å²) in [5.41, 5.74) is 0.881. The molecular weight excluding hydrogens is 264 g/mol. The molecule has 1 heterocycles. The maximum atomic E-state index is 11.4. The molecule has 5 heteroatoms. The van der Waals surface area contributed by atoms with Crippen molar-refractivity contribution < 1.29 is 19.0 Å². The molecule has 0 bridgehead atoms. The SMILES string of the molecule is CSCCOC(=O)/C=C/c1ccc2c(c1)OCCO2. The summed E-state index contributed by atoms with van der Waals surface area (Å²) in [5.74, 6) is 1.93. The molecule has 1 aliphatic rings. The summed E-state index contributed by atoms with van der Waals surface area (Å²) in [5, 5.41) is 0. The molecule has 1 aromatic rings. The molecule has 0 fully saturated rings. The standard InChI is InChI=1S/C14H16O4S/c1-19-9-8-18-14(15)5-3-11-2-4-12-13(10-11)17-7-6-16-12/h2-5,10H,6-9H2,1H3/b5-3+. The summed E-state index contributed by atoms with van der Waals surface area (Å²) in [4.78, 5) is 11.4. The van der Waals surface area contributed by atoms with E-state index in [-0.39, 0.29) is 5.97 Å². The molecule has 4 nitrogen and oxygen atoms in total. The number of carbonyl (C=O) groups excluding carboxylic acids is 1. The van der Waals surface area contributed by atoms with Gasteiger partial charge in [-0.15, -0.1) is 0 Å². The van der Waals surface area contributed by atoms with Gasteiger partial charge < -0.3 is 14.2 Å². The molecule has 0 saturated heterocycles. The molecule has 0 amide bonds. The zero-order chi connectivity index (χ0) is 13.5. The number of fused-ring (bicyclic) bond motifs is 1. The number of hydrogen-bond acceptors (Lipinski definition) is 5. The predicted octanol–water partition coefficient (Wildman–Crippen LogP) is 2.38. The summed E-state index contributed by atoms with van der Waals surface area (Å²) in [6.07, 6.45) is 5.10. The van der Waals surface area contributed by atoms with E-state index in [0.29, 0.717) is 25.6 Å². The van der Waals surface area contributed by atoms with Crippen LogP contribution in [0.3, 0.4) is 0 Å². The number of thioether (sulfide) groups is 1. The molecule has 0 aromatic heterocycles. The van der Waals surface area contributed by atoms with Gasteiger partial charge in [0, 0.05) is 11.8 Å². The molecule has 0 atom stereocenters. The van der Waals surface area contributed by atoms with E-state index >= 15 is 0 Å². The highest BCUT2D eigenvalue weighted by Crippen LogP contribution is 2.31. The van der Waals surface area contributed by atoms with Crippen LogP contribution in [0.4, 0.5) is 0 Å². The second kappa shape index (κ2) is 7.09. The van der Waals surface area contributed by atoms with Gasteiger partial charge in [-0.05, 0) is 30.0 Å². The first kappa shape index (κ1) is 13.8. The van der Waals surface area contributed by atoms with Gasteiger partial charge in [-0.1, -0.05) is 6.07 Å². The van der Waals surface area contributed by atoms with Crippen LogP contribution >= 0.6 is 11.8 Å². The first-order chi connectivity index (χ1) is 9.29. The Labute approximate surface area is 116 Å². The van der Waals surface area contributed by atoms with Gasteiger partial charge in [0.2, 0.25) is 0 Å². The normalized spacial score (nSPS) is 13.5. The number of benzene rings is 1. The molecule has 0 saturated carbocycles. The molecule has 102 valence electrons. The lowest BCUT2D eigenvalue weighted by atomic mass is 10.2. The van der Waals surface area contributed by atoms with Crippen molar-refractivity contribution in [3.8, 4) is 11.5 Å². The fourth-order valence-corrected chi connectivity index (χ4v) is 1.85. The third kappa shape index (κ3) is 4.21. The van der Waals surface area contributed by atoms with Gasteiger partial charge in [-0.25, -0.2) is 4.79 Å². The zero-order valence-electron chi connectivity index (χ0n) is 10.8. The maximum absolute atomic E-state index is 11.4. The van der Waals surface area contributed by atoms with Crippen molar-refractivity contribution in [1.29, 1.82) is 0 Å². The molecule has 1 aliphatic heterocycles. The van der Waals surface area contributed by atoms with E-state index in [9.17, 15) is 4.79 Å². The number of hydrogen-bond donors (Lipinski definition) is 0. The minimum absolute atomic E-state index is 0.330. The van der Waals surface area contributed by atoms with E-state index in [1.807, 2.05) is 24.5 Å². The average molecular weight is 280 g/mol. The molecule has 19 heavy (non-hydrogen) atoms. The lowest BCUT2D eigenvalue weighted by Crippen LogP contribution is -2.15. The topological polar surface area (TPSA) is 44.8 Å². The number of rotatable bonds is 5. The Bertz CT molecular complexity index is 471. The van der Waals surface area contributed by atoms with Crippen molar-refractivity contribution in [3.63, 3.8) is 0 Å². The Kier molecular flexibility index (Phi) is 5.15. The Morgan fingerprint density at radius 2 is 2.16 bits per heavy atom. The van der Waals surface area contributed by atoms with Crippen LogP contribution in [0.2, 0.25) is 0 Å². The summed E-state index contributed by atoms with van der Waals surface area (Å²) in [7, 11) is 0. The quantitative estimate of drug-likeness (QED) is 0.471. The summed E-state index contributed by atoms with van der Waals surface area (Å²) in [6, 6.07) is 5.56. The van der Waals surface area contributed by atoms with Gasteiger partial charge in [-0.3, -0.25) is 0 Å². The van der Waals surface area contributed by atoms with Gasteiger partial charge in [0.1, 0.15) is 19.8 Å². The number of esters is 1. The summed E-state index contributed by atoms with van der Waals surface area (Å²) in [6.45, 7) is 1.56. The van der Waals surface area contributed by atoms with Gasteiger partial charge >= 0.3 is 5.97 Å². The smallest absolute Gasteiger partial charge is 0.330 e. The molecule has 0 N–H and O–H groups in total. The summed E-state index contributed by atoms with van der Waals surface area (Å²) < 4.78 is 15.9. The van der Waals surface area contributed by atoms with E-state index < -0.39 is 0 Å². The van der Waals surface area contributed by atoms with Crippen LogP contribution in [0.15, 0.2) is 24.3 Å². The second-order valence-electron chi connectivity index (χ2n) is 3.90. The molecule has 0 spiro atoms. The molecule has 0 aliphatic carbocycles. The zero-order valence-corrected chi connectivity index (χ0v) is 11.6. The fourth-order valence-electron chi connectivity index (χ4n) is 1.60. The molecule has 0 unspecified atom stereocenters. The third-order valence-electron chi connectivity index (χ3n) is 2.51. The fraction of sp³-hybridized carbons (Fsp3) is 0.357. The maximum Gasteiger partial charge on any atom is 0.330 e. The van der Waals surface area contributed by atoms with Gasteiger partial charge in [-0.2, -0.15) is 11.8 Å². The highest BCUT2D eigenvalue weighted by molar-refractivity contribution is 7.98. The van der Waals surface area contributed by atoms with Gasteiger partial charge in [0.15, 0.2) is 11.5 Å². The lowest BCUT2D eigenvalue weighted by molar-refractivity contribution is -0.137. The van der Waals surface area contributed by atoms with Crippen molar-refractivity contribution in [2.24, 2.45) is 0 Å². The van der Waals surface area contributed by atoms with Crippen LogP contribution in [-0.2, 0) is 9.53 Å². The predicted molar refractivity (Wildman–Crippen MR) is 75.8 cm³/mol. The van der Waals surface area contributed by atoms with Crippen LogP contribution in [0.25, 0.3) is 6.08 Å². The molecule has 2 rings (SSSR count). The van der Waals surface area contributed by atoms with E-state index in [1.54, 1.807) is 17.8 Å². The van der Waals surface area contributed by atoms with Crippen LogP contribution in [0, 0.1) is 0 Å². The van der Waals surface area contributed by atoms with E-state index in [0.717, 1.165) is 17.1 Å². The summed E-state index contributed by atoms with van der Waals surface area (Å²) >= 11 is 1.64. The molecular formula is C14H16O4S. The Hall–Kier alpha value is -1.62. The highest BCUT2D eigenvalue weighted by atomic mass is 32.2. The third-order valence-corrected chi connectivity index (χ3v) is 3.08. The van der Waals surface area contributed by atoms with E-state index in [2.05, 4.69) is 0 Å². The van der Waals surface area contributed by atoms with Crippen molar-refractivity contribution in [2.75, 3.05) is 31.8 Å². The van der Waals surface area contributed by atoms with Crippen molar-refractivity contribution in [3.05, 3.63) is 29.8 Å². The monoisotopic (exact) mass is 280 g/mol. The Balaban J connectivity index is 1.93.